The average molecular weight is 340 g/mol. The summed E-state index contributed by atoms with van der Waals surface area (Å²) in [7, 11) is 1.62. The second kappa shape index (κ2) is 6.26. The third-order valence-electron chi connectivity index (χ3n) is 3.55. The van der Waals surface area contributed by atoms with Crippen LogP contribution in [0.4, 0.5) is 5.69 Å². The second-order valence-corrected chi connectivity index (χ2v) is 5.80. The zero-order valence-corrected chi connectivity index (χ0v) is 12.9. The molecule has 6 heteroatoms. The van der Waals surface area contributed by atoms with Gasteiger partial charge in [0.25, 0.3) is 5.91 Å². The summed E-state index contributed by atoms with van der Waals surface area (Å²) in [6, 6.07) is 5.17. The van der Waals surface area contributed by atoms with Crippen molar-refractivity contribution in [3.63, 3.8) is 0 Å². The van der Waals surface area contributed by atoms with Crippen molar-refractivity contribution in [1.82, 2.24) is 10.2 Å². The third kappa shape index (κ3) is 3.12. The lowest BCUT2D eigenvalue weighted by atomic mass is 9.96. The summed E-state index contributed by atoms with van der Waals surface area (Å²) in [5.41, 5.74) is 6.83. The number of likely N-dealkylation sites (tertiary alicyclic amines) is 1. The molecule has 20 heavy (non-hydrogen) atoms. The molecule has 0 spiro atoms. The van der Waals surface area contributed by atoms with Crippen molar-refractivity contribution in [3.8, 4) is 0 Å². The number of hydrogen-bond acceptors (Lipinski definition) is 3. The predicted molar refractivity (Wildman–Crippen MR) is 81.2 cm³/mol. The fraction of sp³-hybridized carbons (Fsp3) is 0.429. The highest BCUT2D eigenvalue weighted by molar-refractivity contribution is 9.10. The zero-order chi connectivity index (χ0) is 14.7. The van der Waals surface area contributed by atoms with Crippen LogP contribution < -0.4 is 11.1 Å². The summed E-state index contributed by atoms with van der Waals surface area (Å²) in [6.45, 7) is 1.13. The van der Waals surface area contributed by atoms with Crippen LogP contribution in [0.15, 0.2) is 22.7 Å². The highest BCUT2D eigenvalue weighted by Crippen LogP contribution is 2.24. The average Bonchev–Trinajstić information content (AvgIpc) is 2.48. The Labute approximate surface area is 126 Å². The maximum atomic E-state index is 12.5. The van der Waals surface area contributed by atoms with Gasteiger partial charge in [0.2, 0.25) is 5.91 Å². The number of benzene rings is 1. The van der Waals surface area contributed by atoms with E-state index < -0.39 is 0 Å². The van der Waals surface area contributed by atoms with E-state index >= 15 is 0 Å². The summed E-state index contributed by atoms with van der Waals surface area (Å²) in [5.74, 6) is -0.218. The number of anilines is 1. The van der Waals surface area contributed by atoms with E-state index in [1.807, 2.05) is 0 Å². The number of nitrogen functional groups attached to an aromatic ring is 1. The molecule has 0 radical (unpaired) electrons. The van der Waals surface area contributed by atoms with Crippen molar-refractivity contribution < 1.29 is 9.59 Å². The highest BCUT2D eigenvalue weighted by Gasteiger charge is 2.29. The van der Waals surface area contributed by atoms with Crippen LogP contribution in [0, 0.1) is 5.92 Å². The Morgan fingerprint density at radius 1 is 1.45 bits per heavy atom. The molecule has 1 aromatic rings. The van der Waals surface area contributed by atoms with Gasteiger partial charge in [-0.1, -0.05) is 0 Å². The number of carbonyl (C=O) groups is 2. The van der Waals surface area contributed by atoms with Crippen LogP contribution in [-0.2, 0) is 4.79 Å². The minimum absolute atomic E-state index is 0.00542. The van der Waals surface area contributed by atoms with E-state index in [1.54, 1.807) is 30.1 Å². The normalized spacial score (nSPS) is 18.7. The van der Waals surface area contributed by atoms with Crippen molar-refractivity contribution in [1.29, 1.82) is 0 Å². The van der Waals surface area contributed by atoms with Crippen LogP contribution in [0.3, 0.4) is 0 Å². The Bertz CT molecular complexity index is 533. The molecular weight excluding hydrogens is 322 g/mol. The summed E-state index contributed by atoms with van der Waals surface area (Å²) in [4.78, 5) is 26.0. The fourth-order valence-corrected chi connectivity index (χ4v) is 2.87. The minimum atomic E-state index is -0.127. The standard InChI is InChI=1S/C14H18BrN3O2/c1-17-13(19)9-3-2-6-18(8-9)14(20)11-7-10(16)4-5-12(11)15/h4-5,7,9H,2-3,6,8,16H2,1H3,(H,17,19). The molecule has 0 aromatic heterocycles. The first kappa shape index (κ1) is 14.8. The number of nitrogens with one attached hydrogen (secondary N) is 1. The smallest absolute Gasteiger partial charge is 0.255 e. The second-order valence-electron chi connectivity index (χ2n) is 4.94. The fourth-order valence-electron chi connectivity index (χ4n) is 2.46. The van der Waals surface area contributed by atoms with Gasteiger partial charge >= 0.3 is 0 Å². The van der Waals surface area contributed by atoms with E-state index in [0.717, 1.165) is 17.3 Å². The first-order valence-corrected chi connectivity index (χ1v) is 7.38. The number of carbonyl (C=O) groups excluding carboxylic acids is 2. The maximum Gasteiger partial charge on any atom is 0.255 e. The third-order valence-corrected chi connectivity index (χ3v) is 4.24. The number of piperidine rings is 1. The number of amides is 2. The summed E-state index contributed by atoms with van der Waals surface area (Å²) in [6.07, 6.45) is 1.66. The van der Waals surface area contributed by atoms with Crippen LogP contribution in [0.5, 0.6) is 0 Å². The van der Waals surface area contributed by atoms with Crippen molar-refractivity contribution in [2.75, 3.05) is 25.9 Å². The number of nitrogens with zero attached hydrogens (tertiary/aromatic N) is 1. The van der Waals surface area contributed by atoms with Gasteiger partial charge in [-0.05, 0) is 47.0 Å². The van der Waals surface area contributed by atoms with Gasteiger partial charge in [0, 0.05) is 30.3 Å². The van der Waals surface area contributed by atoms with Crippen molar-refractivity contribution >= 4 is 33.4 Å². The molecule has 1 saturated heterocycles. The van der Waals surface area contributed by atoms with Crippen LogP contribution in [0.1, 0.15) is 23.2 Å². The van der Waals surface area contributed by atoms with Crippen LogP contribution in [0.2, 0.25) is 0 Å². The molecule has 0 bridgehead atoms. The summed E-state index contributed by atoms with van der Waals surface area (Å²) in [5, 5.41) is 2.65. The molecule has 0 aliphatic carbocycles. The van der Waals surface area contributed by atoms with Crippen LogP contribution >= 0.6 is 15.9 Å². The molecule has 2 amide bonds. The SMILES string of the molecule is CNC(=O)C1CCCN(C(=O)c2cc(N)ccc2Br)C1. The summed E-state index contributed by atoms with van der Waals surface area (Å²) >= 11 is 3.37. The Hall–Kier alpha value is -1.56. The highest BCUT2D eigenvalue weighted by atomic mass is 79.9. The molecule has 5 nitrogen and oxygen atoms in total. The zero-order valence-electron chi connectivity index (χ0n) is 11.4. The first-order chi connectivity index (χ1) is 9.52. The van der Waals surface area contributed by atoms with Crippen molar-refractivity contribution in [2.24, 2.45) is 5.92 Å². The molecule has 1 aliphatic rings. The van der Waals surface area contributed by atoms with Gasteiger partial charge in [-0.3, -0.25) is 9.59 Å². The van der Waals surface area contributed by atoms with Gasteiger partial charge in [-0.2, -0.15) is 0 Å². The van der Waals surface area contributed by atoms with Gasteiger partial charge < -0.3 is 16.0 Å². The molecular formula is C14H18BrN3O2. The molecule has 1 aliphatic heterocycles. The Kier molecular flexibility index (Phi) is 4.65. The van der Waals surface area contributed by atoms with Gasteiger partial charge in [0.15, 0.2) is 0 Å². The van der Waals surface area contributed by atoms with Crippen molar-refractivity contribution in [3.05, 3.63) is 28.2 Å². The van der Waals surface area contributed by atoms with E-state index in [4.69, 9.17) is 5.73 Å². The summed E-state index contributed by atoms with van der Waals surface area (Å²) < 4.78 is 0.721. The van der Waals surface area contributed by atoms with Crippen LogP contribution in [-0.4, -0.2) is 36.9 Å². The van der Waals surface area contributed by atoms with Gasteiger partial charge in [-0.25, -0.2) is 0 Å². The Morgan fingerprint density at radius 3 is 2.90 bits per heavy atom. The molecule has 108 valence electrons. The van der Waals surface area contributed by atoms with E-state index in [9.17, 15) is 9.59 Å². The molecule has 1 heterocycles. The molecule has 2 rings (SSSR count). The van der Waals surface area contributed by atoms with Gasteiger partial charge in [0.1, 0.15) is 0 Å². The monoisotopic (exact) mass is 339 g/mol. The van der Waals surface area contributed by atoms with Gasteiger partial charge in [-0.15, -0.1) is 0 Å². The maximum absolute atomic E-state index is 12.5. The Balaban J connectivity index is 2.16. The predicted octanol–water partition coefficient (Wildman–Crippen LogP) is 1.63. The number of nitrogens with two attached hydrogens (primary N) is 1. The largest absolute Gasteiger partial charge is 0.399 e. The molecule has 1 fully saturated rings. The van der Waals surface area contributed by atoms with E-state index in [-0.39, 0.29) is 17.7 Å². The molecule has 1 unspecified atom stereocenters. The quantitative estimate of drug-likeness (QED) is 0.804. The lowest BCUT2D eigenvalue weighted by molar-refractivity contribution is -0.125. The first-order valence-electron chi connectivity index (χ1n) is 6.59. The number of hydrogen-bond donors (Lipinski definition) is 2. The van der Waals surface area contributed by atoms with Gasteiger partial charge in [0.05, 0.1) is 11.5 Å². The molecule has 0 saturated carbocycles. The van der Waals surface area contributed by atoms with E-state index in [2.05, 4.69) is 21.2 Å². The minimum Gasteiger partial charge on any atom is -0.399 e. The number of halogens is 1. The molecule has 1 atom stereocenters. The lowest BCUT2D eigenvalue weighted by Gasteiger charge is -2.32. The lowest BCUT2D eigenvalue weighted by Crippen LogP contribution is -2.44. The van der Waals surface area contributed by atoms with E-state index in [0.29, 0.717) is 24.3 Å². The molecule has 3 N–H and O–H groups in total. The Morgan fingerprint density at radius 2 is 2.20 bits per heavy atom. The van der Waals surface area contributed by atoms with Crippen LogP contribution in [0.25, 0.3) is 0 Å². The molecule has 1 aromatic carbocycles. The number of rotatable bonds is 2. The van der Waals surface area contributed by atoms with E-state index in [1.165, 1.54) is 0 Å². The topological polar surface area (TPSA) is 75.4 Å². The van der Waals surface area contributed by atoms with Crippen molar-refractivity contribution in [2.45, 2.75) is 12.8 Å².